The van der Waals surface area contributed by atoms with Gasteiger partial charge in [-0.3, -0.25) is 5.10 Å². The first-order valence-electron chi connectivity index (χ1n) is 4.46. The van der Waals surface area contributed by atoms with Gasteiger partial charge in [0.05, 0.1) is 29.4 Å². The molecular formula is C8H13N3OS. The largest absolute Gasteiger partial charge is 0.281 e. The van der Waals surface area contributed by atoms with Crippen molar-refractivity contribution >= 4 is 11.0 Å². The molecule has 5 heteroatoms. The van der Waals surface area contributed by atoms with Gasteiger partial charge in [-0.25, -0.2) is 8.51 Å². The van der Waals surface area contributed by atoms with Crippen LogP contribution in [-0.2, 0) is 24.1 Å². The highest BCUT2D eigenvalue weighted by atomic mass is 32.2. The zero-order valence-electron chi connectivity index (χ0n) is 7.62. The summed E-state index contributed by atoms with van der Waals surface area (Å²) in [6.45, 7) is 3.58. The van der Waals surface area contributed by atoms with Crippen molar-refractivity contribution in [1.29, 1.82) is 0 Å². The molecule has 1 aliphatic heterocycles. The van der Waals surface area contributed by atoms with Crippen LogP contribution >= 0.6 is 0 Å². The van der Waals surface area contributed by atoms with Crippen LogP contribution in [0.1, 0.15) is 24.6 Å². The summed E-state index contributed by atoms with van der Waals surface area (Å²) >= 11 is 0. The average Bonchev–Trinajstić information content (AvgIpc) is 2.61. The maximum Gasteiger partial charge on any atom is 0.0949 e. The molecule has 0 spiro atoms. The predicted octanol–water partition coefficient (Wildman–Crippen LogP) is 0.799. The molecular weight excluding hydrogens is 186 g/mol. The Hall–Kier alpha value is -0.680. The topological polar surface area (TPSA) is 49.0 Å². The molecule has 1 unspecified atom stereocenters. The summed E-state index contributed by atoms with van der Waals surface area (Å²) in [6.07, 6.45) is 2.79. The van der Waals surface area contributed by atoms with Gasteiger partial charge in [-0.2, -0.15) is 5.10 Å². The number of rotatable bonds is 3. The molecule has 72 valence electrons. The van der Waals surface area contributed by atoms with Crippen LogP contribution in [0.15, 0.2) is 6.20 Å². The molecule has 0 radical (unpaired) electrons. The molecule has 1 atom stereocenters. The van der Waals surface area contributed by atoms with Crippen LogP contribution in [0.3, 0.4) is 0 Å². The molecule has 1 aromatic heterocycles. The molecule has 4 nitrogen and oxygen atoms in total. The molecule has 1 aliphatic rings. The van der Waals surface area contributed by atoms with Crippen LogP contribution in [0.25, 0.3) is 0 Å². The first kappa shape index (κ1) is 8.90. The molecule has 0 aliphatic carbocycles. The Balaban J connectivity index is 2.01. The van der Waals surface area contributed by atoms with E-state index < -0.39 is 11.0 Å². The standard InChI is InChI=1S/C8H13N3OS/c1-2-3-13(12)11-5-7-4-9-10-8(7)6-11/h4H,2-3,5-6H2,1H3,(H,9,10). The van der Waals surface area contributed by atoms with Crippen molar-refractivity contribution in [3.8, 4) is 0 Å². The van der Waals surface area contributed by atoms with E-state index in [1.165, 1.54) is 5.56 Å². The van der Waals surface area contributed by atoms with Crippen LogP contribution in [0.4, 0.5) is 0 Å². The SMILES string of the molecule is CCCS(=O)N1Cc2cn[nH]c2C1. The van der Waals surface area contributed by atoms with Crippen LogP contribution in [-0.4, -0.2) is 24.5 Å². The third-order valence-electron chi connectivity index (χ3n) is 2.16. The monoisotopic (exact) mass is 199 g/mol. The van der Waals surface area contributed by atoms with Crippen molar-refractivity contribution in [2.24, 2.45) is 0 Å². The van der Waals surface area contributed by atoms with E-state index in [9.17, 15) is 4.21 Å². The zero-order chi connectivity index (χ0) is 9.26. The normalized spacial score (nSPS) is 18.8. The van der Waals surface area contributed by atoms with Crippen molar-refractivity contribution in [2.75, 3.05) is 5.75 Å². The number of fused-ring (bicyclic) bond motifs is 1. The molecule has 1 aromatic rings. The Bertz CT molecular complexity index is 302. The zero-order valence-corrected chi connectivity index (χ0v) is 8.43. The fraction of sp³-hybridized carbons (Fsp3) is 0.625. The van der Waals surface area contributed by atoms with Gasteiger partial charge in [0, 0.05) is 17.9 Å². The first-order chi connectivity index (χ1) is 6.31. The third kappa shape index (κ3) is 1.66. The third-order valence-corrected chi connectivity index (χ3v) is 3.75. The molecule has 0 saturated heterocycles. The summed E-state index contributed by atoms with van der Waals surface area (Å²) < 4.78 is 13.6. The molecule has 0 aromatic carbocycles. The lowest BCUT2D eigenvalue weighted by Gasteiger charge is -2.12. The van der Waals surface area contributed by atoms with Gasteiger partial charge in [0.2, 0.25) is 0 Å². The van der Waals surface area contributed by atoms with E-state index in [2.05, 4.69) is 17.1 Å². The number of aromatic nitrogens is 2. The summed E-state index contributed by atoms with van der Waals surface area (Å²) in [7, 11) is -0.814. The lowest BCUT2D eigenvalue weighted by Crippen LogP contribution is -2.21. The minimum atomic E-state index is -0.814. The maximum atomic E-state index is 11.6. The molecule has 0 amide bonds. The number of nitrogens with one attached hydrogen (secondary N) is 1. The minimum absolute atomic E-state index is 0.752. The molecule has 1 N–H and O–H groups in total. The van der Waals surface area contributed by atoms with E-state index in [-0.39, 0.29) is 0 Å². The molecule has 0 saturated carbocycles. The number of aromatic amines is 1. The number of hydrogen-bond donors (Lipinski definition) is 1. The van der Waals surface area contributed by atoms with Crippen LogP contribution < -0.4 is 0 Å². The van der Waals surface area contributed by atoms with Crippen molar-refractivity contribution in [2.45, 2.75) is 26.4 Å². The summed E-state index contributed by atoms with van der Waals surface area (Å²) in [5, 5.41) is 6.85. The Morgan fingerprint density at radius 2 is 2.54 bits per heavy atom. The molecule has 0 fully saturated rings. The highest BCUT2D eigenvalue weighted by molar-refractivity contribution is 7.82. The van der Waals surface area contributed by atoms with E-state index in [4.69, 9.17) is 0 Å². The Morgan fingerprint density at radius 3 is 3.23 bits per heavy atom. The Labute approximate surface area is 79.9 Å². The summed E-state index contributed by atoms with van der Waals surface area (Å²) in [4.78, 5) is 0. The number of H-pyrrole nitrogens is 1. The Kier molecular flexibility index (Phi) is 2.46. The van der Waals surface area contributed by atoms with E-state index in [1.54, 1.807) is 0 Å². The van der Waals surface area contributed by atoms with E-state index in [0.29, 0.717) is 0 Å². The summed E-state index contributed by atoms with van der Waals surface area (Å²) in [6, 6.07) is 0. The van der Waals surface area contributed by atoms with E-state index >= 15 is 0 Å². The molecule has 13 heavy (non-hydrogen) atoms. The van der Waals surface area contributed by atoms with Gasteiger partial charge >= 0.3 is 0 Å². The van der Waals surface area contributed by atoms with Crippen molar-refractivity contribution < 1.29 is 4.21 Å². The van der Waals surface area contributed by atoms with Crippen LogP contribution in [0, 0.1) is 0 Å². The second-order valence-corrected chi connectivity index (χ2v) is 4.77. The fourth-order valence-corrected chi connectivity index (χ4v) is 2.64. The fourth-order valence-electron chi connectivity index (χ4n) is 1.48. The molecule has 2 heterocycles. The molecule has 0 bridgehead atoms. The van der Waals surface area contributed by atoms with Crippen molar-refractivity contribution in [1.82, 2.24) is 14.5 Å². The van der Waals surface area contributed by atoms with Gasteiger partial charge in [0.15, 0.2) is 0 Å². The van der Waals surface area contributed by atoms with Gasteiger partial charge in [-0.15, -0.1) is 0 Å². The lowest BCUT2D eigenvalue weighted by atomic mass is 10.3. The summed E-state index contributed by atoms with van der Waals surface area (Å²) in [5.41, 5.74) is 2.30. The lowest BCUT2D eigenvalue weighted by molar-refractivity contribution is 0.467. The van der Waals surface area contributed by atoms with Crippen molar-refractivity contribution in [3.05, 3.63) is 17.5 Å². The van der Waals surface area contributed by atoms with E-state index in [1.807, 2.05) is 10.5 Å². The number of hydrogen-bond acceptors (Lipinski definition) is 2. The Morgan fingerprint density at radius 1 is 1.69 bits per heavy atom. The van der Waals surface area contributed by atoms with Gasteiger partial charge in [-0.1, -0.05) is 6.92 Å². The highest BCUT2D eigenvalue weighted by Gasteiger charge is 2.24. The van der Waals surface area contributed by atoms with Gasteiger partial charge in [-0.05, 0) is 6.42 Å². The predicted molar refractivity (Wildman–Crippen MR) is 51.1 cm³/mol. The molecule has 2 rings (SSSR count). The quantitative estimate of drug-likeness (QED) is 0.782. The highest BCUT2D eigenvalue weighted by Crippen LogP contribution is 2.21. The smallest absolute Gasteiger partial charge is 0.0949 e. The van der Waals surface area contributed by atoms with Crippen LogP contribution in [0.2, 0.25) is 0 Å². The second kappa shape index (κ2) is 3.59. The van der Waals surface area contributed by atoms with Crippen molar-refractivity contribution in [3.63, 3.8) is 0 Å². The minimum Gasteiger partial charge on any atom is -0.281 e. The summed E-state index contributed by atoms with van der Waals surface area (Å²) in [5.74, 6) is 0.762. The first-order valence-corrected chi connectivity index (χ1v) is 5.73. The maximum absolute atomic E-state index is 11.6. The van der Waals surface area contributed by atoms with Gasteiger partial charge in [0.1, 0.15) is 0 Å². The van der Waals surface area contributed by atoms with Gasteiger partial charge < -0.3 is 0 Å². The van der Waals surface area contributed by atoms with Gasteiger partial charge in [0.25, 0.3) is 0 Å². The average molecular weight is 199 g/mol. The number of nitrogens with zero attached hydrogens (tertiary/aromatic N) is 2. The van der Waals surface area contributed by atoms with Crippen LogP contribution in [0.5, 0.6) is 0 Å². The second-order valence-electron chi connectivity index (χ2n) is 3.20. The van der Waals surface area contributed by atoms with E-state index in [0.717, 1.165) is 31.0 Å².